The third kappa shape index (κ3) is 3.20. The number of nitrogens with zero attached hydrogens (tertiary/aromatic N) is 5. The number of nitrogen functional groups attached to an aromatic ring is 1. The summed E-state index contributed by atoms with van der Waals surface area (Å²) in [6.07, 6.45) is 3.27. The van der Waals surface area contributed by atoms with Crippen LogP contribution in [0.3, 0.4) is 0 Å². The lowest BCUT2D eigenvalue weighted by Crippen LogP contribution is -2.05. The first-order valence-corrected chi connectivity index (χ1v) is 8.45. The Balaban J connectivity index is 1.76. The molecule has 0 bridgehead atoms. The van der Waals surface area contributed by atoms with Crippen LogP contribution in [-0.2, 0) is 4.79 Å². The van der Waals surface area contributed by atoms with Gasteiger partial charge in [-0.1, -0.05) is 0 Å². The van der Waals surface area contributed by atoms with Crippen molar-refractivity contribution in [1.29, 1.82) is 0 Å². The van der Waals surface area contributed by atoms with Gasteiger partial charge in [0, 0.05) is 18.7 Å². The van der Waals surface area contributed by atoms with Gasteiger partial charge in [0.15, 0.2) is 11.5 Å². The molecule has 0 aliphatic rings. The number of ether oxygens (including phenoxy) is 1. The summed E-state index contributed by atoms with van der Waals surface area (Å²) < 4.78 is 7.07. The number of hydrogen-bond acceptors (Lipinski definition) is 7. The van der Waals surface area contributed by atoms with Gasteiger partial charge in [0.25, 0.3) is 0 Å². The average molecular weight is 375 g/mol. The molecule has 0 spiro atoms. The minimum Gasteiger partial charge on any atom is -0.480 e. The van der Waals surface area contributed by atoms with E-state index in [1.807, 2.05) is 24.3 Å². The number of nitrogens with one attached hydrogen (secondary N) is 1. The second-order valence-electron chi connectivity index (χ2n) is 6.02. The smallest absolute Gasteiger partial charge is 0.223 e. The topological polar surface area (TPSA) is 120 Å². The number of aromatic nitrogens is 5. The van der Waals surface area contributed by atoms with Crippen molar-refractivity contribution in [2.24, 2.45) is 0 Å². The van der Waals surface area contributed by atoms with Crippen LogP contribution >= 0.6 is 0 Å². The van der Waals surface area contributed by atoms with Gasteiger partial charge < -0.3 is 15.8 Å². The van der Waals surface area contributed by atoms with Crippen LogP contribution < -0.4 is 15.8 Å². The van der Waals surface area contributed by atoms with Gasteiger partial charge in [0.2, 0.25) is 11.8 Å². The monoisotopic (exact) mass is 375 g/mol. The molecule has 0 aliphatic carbocycles. The molecule has 4 rings (SSSR count). The number of fused-ring (bicyclic) bond motifs is 1. The van der Waals surface area contributed by atoms with E-state index in [1.54, 1.807) is 36.2 Å². The first kappa shape index (κ1) is 17.4. The molecular formula is C19H17N7O2. The van der Waals surface area contributed by atoms with Gasteiger partial charge in [0.1, 0.15) is 5.82 Å². The van der Waals surface area contributed by atoms with E-state index < -0.39 is 0 Å². The highest BCUT2D eigenvalue weighted by atomic mass is 16.5. The molecule has 0 unspecified atom stereocenters. The SMILES string of the molecule is COc1nc(-c2cccnc2N)ccc1-c1ccc2nc(NC(C)=O)cn2n1. The number of imidazole rings is 1. The Morgan fingerprint density at radius 2 is 1.93 bits per heavy atom. The highest BCUT2D eigenvalue weighted by Gasteiger charge is 2.14. The van der Waals surface area contributed by atoms with E-state index >= 15 is 0 Å². The fraction of sp³-hybridized carbons (Fsp3) is 0.105. The van der Waals surface area contributed by atoms with Crippen LogP contribution in [0.25, 0.3) is 28.2 Å². The number of rotatable bonds is 4. The standard InChI is InChI=1S/C19H17N7O2/c1-11(27)22-16-10-26-17(24-16)8-7-15(25-26)13-5-6-14(23-19(13)28-2)12-4-3-9-21-18(12)20/h3-10H,1-2H3,(H2,20,21)(H,22,27). The molecule has 1 amide bonds. The number of nitrogens with two attached hydrogens (primary N) is 1. The minimum atomic E-state index is -0.195. The summed E-state index contributed by atoms with van der Waals surface area (Å²) in [6.45, 7) is 1.43. The van der Waals surface area contributed by atoms with Crippen LogP contribution in [0, 0.1) is 0 Å². The summed E-state index contributed by atoms with van der Waals surface area (Å²) in [7, 11) is 1.55. The second-order valence-corrected chi connectivity index (χ2v) is 6.02. The van der Waals surface area contributed by atoms with E-state index in [9.17, 15) is 4.79 Å². The van der Waals surface area contributed by atoms with E-state index in [1.165, 1.54) is 6.92 Å². The van der Waals surface area contributed by atoms with Crippen LogP contribution in [-0.4, -0.2) is 37.6 Å². The fourth-order valence-corrected chi connectivity index (χ4v) is 2.84. The number of hydrogen-bond donors (Lipinski definition) is 2. The molecule has 0 radical (unpaired) electrons. The molecule has 4 aromatic rings. The molecule has 0 saturated carbocycles. The number of carbonyl (C=O) groups is 1. The fourth-order valence-electron chi connectivity index (χ4n) is 2.84. The summed E-state index contributed by atoms with van der Waals surface area (Å²) >= 11 is 0. The predicted molar refractivity (Wildman–Crippen MR) is 105 cm³/mol. The number of pyridine rings is 2. The van der Waals surface area contributed by atoms with Crippen LogP contribution in [0.4, 0.5) is 11.6 Å². The lowest BCUT2D eigenvalue weighted by Gasteiger charge is -2.10. The van der Waals surface area contributed by atoms with Crippen molar-refractivity contribution in [2.75, 3.05) is 18.2 Å². The van der Waals surface area contributed by atoms with E-state index in [0.29, 0.717) is 40.1 Å². The number of amides is 1. The molecule has 28 heavy (non-hydrogen) atoms. The van der Waals surface area contributed by atoms with E-state index in [2.05, 4.69) is 25.4 Å². The largest absolute Gasteiger partial charge is 0.480 e. The number of anilines is 2. The summed E-state index contributed by atoms with van der Waals surface area (Å²) in [5, 5.41) is 7.19. The van der Waals surface area contributed by atoms with Crippen molar-refractivity contribution in [3.63, 3.8) is 0 Å². The van der Waals surface area contributed by atoms with Crippen LogP contribution in [0.2, 0.25) is 0 Å². The van der Waals surface area contributed by atoms with E-state index in [4.69, 9.17) is 10.5 Å². The zero-order valence-electron chi connectivity index (χ0n) is 15.2. The highest BCUT2D eigenvalue weighted by molar-refractivity contribution is 5.87. The lowest BCUT2D eigenvalue weighted by atomic mass is 10.1. The zero-order chi connectivity index (χ0) is 19.7. The molecule has 9 heteroatoms. The van der Waals surface area contributed by atoms with Crippen LogP contribution in [0.15, 0.2) is 48.8 Å². The highest BCUT2D eigenvalue weighted by Crippen LogP contribution is 2.31. The number of methoxy groups -OCH3 is 1. The van der Waals surface area contributed by atoms with Crippen molar-refractivity contribution in [3.8, 4) is 28.4 Å². The molecule has 0 fully saturated rings. The average Bonchev–Trinajstić information content (AvgIpc) is 3.08. The molecule has 9 nitrogen and oxygen atoms in total. The Labute approximate surface area is 160 Å². The molecule has 0 saturated heterocycles. The second kappa shape index (κ2) is 6.95. The molecule has 4 aromatic heterocycles. The Morgan fingerprint density at radius 3 is 2.68 bits per heavy atom. The van der Waals surface area contributed by atoms with Gasteiger partial charge in [-0.05, 0) is 36.4 Å². The van der Waals surface area contributed by atoms with Crippen LogP contribution in [0.1, 0.15) is 6.92 Å². The third-order valence-corrected chi connectivity index (χ3v) is 4.07. The van der Waals surface area contributed by atoms with Gasteiger partial charge in [0.05, 0.1) is 30.3 Å². The molecule has 140 valence electrons. The quantitative estimate of drug-likeness (QED) is 0.562. The zero-order valence-corrected chi connectivity index (χ0v) is 15.2. The van der Waals surface area contributed by atoms with Crippen molar-refractivity contribution < 1.29 is 9.53 Å². The molecule has 0 aliphatic heterocycles. The van der Waals surface area contributed by atoms with Gasteiger partial charge in [-0.25, -0.2) is 19.5 Å². The minimum absolute atomic E-state index is 0.195. The molecule has 3 N–H and O–H groups in total. The lowest BCUT2D eigenvalue weighted by molar-refractivity contribution is -0.114. The summed E-state index contributed by atoms with van der Waals surface area (Å²) in [5.74, 6) is 1.05. The van der Waals surface area contributed by atoms with Crippen molar-refractivity contribution in [3.05, 3.63) is 48.8 Å². The predicted octanol–water partition coefficient (Wildman–Crippen LogP) is 2.40. The van der Waals surface area contributed by atoms with Crippen molar-refractivity contribution in [1.82, 2.24) is 24.6 Å². The Bertz CT molecular complexity index is 1190. The summed E-state index contributed by atoms with van der Waals surface area (Å²) in [4.78, 5) is 24.2. The normalized spacial score (nSPS) is 10.8. The Kier molecular flexibility index (Phi) is 4.32. The Morgan fingerprint density at radius 1 is 1.11 bits per heavy atom. The molecule has 4 heterocycles. The molecular weight excluding hydrogens is 358 g/mol. The maximum atomic E-state index is 11.2. The molecule has 0 atom stereocenters. The third-order valence-electron chi connectivity index (χ3n) is 4.07. The van der Waals surface area contributed by atoms with Gasteiger partial charge in [-0.3, -0.25) is 4.79 Å². The first-order chi connectivity index (χ1) is 13.5. The summed E-state index contributed by atoms with van der Waals surface area (Å²) in [6, 6.07) is 11.0. The first-order valence-electron chi connectivity index (χ1n) is 8.45. The molecule has 0 aromatic carbocycles. The maximum Gasteiger partial charge on any atom is 0.223 e. The van der Waals surface area contributed by atoms with Gasteiger partial charge >= 0.3 is 0 Å². The maximum absolute atomic E-state index is 11.2. The number of carbonyl (C=O) groups excluding carboxylic acids is 1. The van der Waals surface area contributed by atoms with Gasteiger partial charge in [-0.2, -0.15) is 5.10 Å². The van der Waals surface area contributed by atoms with E-state index in [0.717, 1.165) is 5.56 Å². The summed E-state index contributed by atoms with van der Waals surface area (Å²) in [5.41, 5.74) is 9.30. The van der Waals surface area contributed by atoms with E-state index in [-0.39, 0.29) is 5.91 Å². The van der Waals surface area contributed by atoms with Crippen molar-refractivity contribution >= 4 is 23.2 Å². The van der Waals surface area contributed by atoms with Crippen LogP contribution in [0.5, 0.6) is 5.88 Å². The van der Waals surface area contributed by atoms with Gasteiger partial charge in [-0.15, -0.1) is 0 Å². The van der Waals surface area contributed by atoms with Crippen molar-refractivity contribution in [2.45, 2.75) is 6.92 Å². The Hall–Kier alpha value is -4.01.